The zero-order chi connectivity index (χ0) is 23.0. The van der Waals surface area contributed by atoms with Crippen molar-refractivity contribution in [3.05, 3.63) is 44.8 Å². The number of amides is 2. The van der Waals surface area contributed by atoms with E-state index in [1.165, 1.54) is 18.0 Å². The van der Waals surface area contributed by atoms with Gasteiger partial charge in [-0.15, -0.1) is 4.91 Å². The second-order valence-corrected chi connectivity index (χ2v) is 9.13. The van der Waals surface area contributed by atoms with Crippen molar-refractivity contribution in [1.29, 1.82) is 0 Å². The number of aliphatic carboxylic acids is 1. The number of hydrogen-bond donors (Lipinski definition) is 3. The van der Waals surface area contributed by atoms with Crippen LogP contribution in [0.25, 0.3) is 0 Å². The predicted octanol–water partition coefficient (Wildman–Crippen LogP) is 1.55. The molecule has 1 saturated heterocycles. The third-order valence-corrected chi connectivity index (χ3v) is 6.79. The number of nitroso groups, excluding NO2 is 1. The van der Waals surface area contributed by atoms with Gasteiger partial charge in [-0.05, 0) is 30.2 Å². The number of β-lactam (4-membered cyclic amide) rings is 1. The van der Waals surface area contributed by atoms with Crippen molar-refractivity contribution in [2.75, 3.05) is 5.73 Å². The zero-order valence-corrected chi connectivity index (χ0v) is 18.4. The van der Waals surface area contributed by atoms with E-state index in [0.29, 0.717) is 27.8 Å². The van der Waals surface area contributed by atoms with Crippen LogP contribution in [0.15, 0.2) is 39.0 Å². The number of nitrogens with one attached hydrogen (secondary N) is 1. The molecule has 12 nitrogen and oxygen atoms in total. The molecule has 15 heteroatoms. The number of pyridine rings is 1. The van der Waals surface area contributed by atoms with E-state index in [9.17, 15) is 24.4 Å². The minimum Gasteiger partial charge on any atom is -0.477 e. The molecule has 166 valence electrons. The number of rotatable bonds is 7. The van der Waals surface area contributed by atoms with Gasteiger partial charge in [-0.2, -0.15) is 4.37 Å². The Morgan fingerprint density at radius 1 is 1.44 bits per heavy atom. The highest BCUT2D eigenvalue weighted by molar-refractivity contribution is 8.03. The summed E-state index contributed by atoms with van der Waals surface area (Å²) in [5, 5.41) is 15.3. The number of thioether (sulfide) groups is 1. The molecule has 2 aromatic heterocycles. The first-order valence-electron chi connectivity index (χ1n) is 9.11. The van der Waals surface area contributed by atoms with Gasteiger partial charge >= 0.3 is 5.97 Å². The number of nitrogens with two attached hydrogens (primary N) is 1. The summed E-state index contributed by atoms with van der Waals surface area (Å²) in [6, 6.07) is 0.170. The van der Waals surface area contributed by atoms with Crippen LogP contribution in [0.5, 0.6) is 0 Å². The van der Waals surface area contributed by atoms with E-state index in [4.69, 9.17) is 17.3 Å². The lowest BCUT2D eigenvalue weighted by molar-refractivity contribution is -0.156. The predicted molar refractivity (Wildman–Crippen MR) is 114 cm³/mol. The monoisotopic (exact) mass is 495 g/mol. The molecule has 0 spiro atoms. The molecular formula is C17H14ClN7O5S2. The van der Waals surface area contributed by atoms with Gasteiger partial charge in [0.1, 0.15) is 16.9 Å². The molecule has 2 aliphatic rings. The lowest BCUT2D eigenvalue weighted by atomic mass is 9.86. The molecule has 0 aromatic carbocycles. The Bertz CT molecular complexity index is 1140. The van der Waals surface area contributed by atoms with Gasteiger partial charge < -0.3 is 16.2 Å². The van der Waals surface area contributed by atoms with Crippen molar-refractivity contribution >= 4 is 57.8 Å². The summed E-state index contributed by atoms with van der Waals surface area (Å²) in [4.78, 5) is 58.4. The van der Waals surface area contributed by atoms with Crippen LogP contribution in [-0.4, -0.2) is 54.2 Å². The molecule has 2 aliphatic heterocycles. The molecule has 0 aliphatic carbocycles. The highest BCUT2D eigenvalue weighted by Crippen LogP contribution is 2.43. The lowest BCUT2D eigenvalue weighted by Crippen LogP contribution is -2.71. The summed E-state index contributed by atoms with van der Waals surface area (Å²) in [7, 11) is 0. The summed E-state index contributed by atoms with van der Waals surface area (Å²) in [5.74, 6) is -2.87. The van der Waals surface area contributed by atoms with Crippen molar-refractivity contribution in [2.45, 2.75) is 35.9 Å². The average molecular weight is 496 g/mol. The molecule has 3 atom stereocenters. The summed E-state index contributed by atoms with van der Waals surface area (Å²) in [5.41, 5.74) is 5.33. The number of allylic oxidation sites excluding steroid dienone is 1. The summed E-state index contributed by atoms with van der Waals surface area (Å²) in [6.45, 7) is 0. The van der Waals surface area contributed by atoms with Crippen LogP contribution in [0.3, 0.4) is 0 Å². The third-order valence-electron chi connectivity index (χ3n) is 4.89. The van der Waals surface area contributed by atoms with Crippen molar-refractivity contribution < 1.29 is 19.5 Å². The molecule has 32 heavy (non-hydrogen) atoms. The summed E-state index contributed by atoms with van der Waals surface area (Å²) < 4.78 is 3.80. The standard InChI is InChI=1S/C17H14ClN7O5S2/c18-9-4-1-6(5-20-9)31-8-3-2-7-10(15(27)25(7)12(8)16(28)29)21-14(26)11(23-30)13-22-17(19)32-24-13/h1,4-5,7,10-11H,2-3H2,(H,21,26)(H,28,29)(H2,19,22,24)/t7?,10-,11?/m0/s1. The molecule has 0 saturated carbocycles. The first-order chi connectivity index (χ1) is 15.3. The van der Waals surface area contributed by atoms with E-state index >= 15 is 0 Å². The van der Waals surface area contributed by atoms with Crippen LogP contribution in [-0.2, 0) is 14.4 Å². The lowest BCUT2D eigenvalue weighted by Gasteiger charge is -2.50. The van der Waals surface area contributed by atoms with Crippen LogP contribution in [0.2, 0.25) is 5.15 Å². The molecule has 2 aromatic rings. The van der Waals surface area contributed by atoms with Gasteiger partial charge in [0.2, 0.25) is 6.04 Å². The second kappa shape index (κ2) is 8.80. The second-order valence-electron chi connectivity index (χ2n) is 6.79. The number of aromatic nitrogens is 3. The summed E-state index contributed by atoms with van der Waals surface area (Å²) in [6.07, 6.45) is 2.30. The number of nitrogen functional groups attached to an aromatic ring is 1. The van der Waals surface area contributed by atoms with Crippen LogP contribution in [0.4, 0.5) is 5.13 Å². The number of carbonyl (C=O) groups excluding carboxylic acids is 2. The molecule has 0 bridgehead atoms. The fraction of sp³-hybridized carbons (Fsp3) is 0.294. The SMILES string of the molecule is Nc1nc(C(N=O)C(=O)N[C@@H]2C(=O)N3C(C(=O)O)=C(Sc4ccc(Cl)nc4)CCC23)ns1. The number of halogens is 1. The first-order valence-corrected chi connectivity index (χ1v) is 11.1. The van der Waals surface area contributed by atoms with Gasteiger partial charge in [-0.1, -0.05) is 23.4 Å². The molecule has 0 radical (unpaired) electrons. The molecule has 1 fully saturated rings. The number of fused-ring (bicyclic) bond motifs is 1. The Balaban J connectivity index is 1.51. The van der Waals surface area contributed by atoms with Crippen LogP contribution < -0.4 is 11.1 Å². The van der Waals surface area contributed by atoms with Gasteiger partial charge in [0.25, 0.3) is 11.8 Å². The minimum atomic E-state index is -1.56. The average Bonchev–Trinajstić information content (AvgIpc) is 3.19. The van der Waals surface area contributed by atoms with E-state index in [-0.39, 0.29) is 16.7 Å². The van der Waals surface area contributed by atoms with Gasteiger partial charge in [-0.3, -0.25) is 14.5 Å². The van der Waals surface area contributed by atoms with Gasteiger partial charge in [0.15, 0.2) is 11.0 Å². The van der Waals surface area contributed by atoms with E-state index in [1.807, 2.05) is 0 Å². The molecule has 4 rings (SSSR count). The molecule has 4 N–H and O–H groups in total. The number of carboxylic acid groups (broad SMARTS) is 1. The Morgan fingerprint density at radius 2 is 2.22 bits per heavy atom. The molecular weight excluding hydrogens is 482 g/mol. The van der Waals surface area contributed by atoms with Crippen molar-refractivity contribution in [3.8, 4) is 0 Å². The largest absolute Gasteiger partial charge is 0.477 e. The third kappa shape index (κ3) is 4.03. The topological polar surface area (TPSA) is 181 Å². The Hall–Kier alpha value is -3.10. The van der Waals surface area contributed by atoms with Crippen LogP contribution in [0.1, 0.15) is 24.7 Å². The normalized spacial score (nSPS) is 20.9. The first kappa shape index (κ1) is 22.1. The zero-order valence-electron chi connectivity index (χ0n) is 16.0. The summed E-state index contributed by atoms with van der Waals surface area (Å²) >= 11 is 7.77. The van der Waals surface area contributed by atoms with Gasteiger partial charge in [0, 0.05) is 27.5 Å². The van der Waals surface area contributed by atoms with E-state index in [0.717, 1.165) is 16.4 Å². The minimum absolute atomic E-state index is 0.0665. The Kier molecular flexibility index (Phi) is 6.08. The number of anilines is 1. The Labute approximate surface area is 193 Å². The van der Waals surface area contributed by atoms with E-state index < -0.39 is 35.9 Å². The highest BCUT2D eigenvalue weighted by atomic mass is 35.5. The van der Waals surface area contributed by atoms with Crippen molar-refractivity contribution in [2.24, 2.45) is 5.18 Å². The molecule has 4 heterocycles. The highest BCUT2D eigenvalue weighted by Gasteiger charge is 2.54. The number of hydrogen-bond acceptors (Lipinski definition) is 11. The maximum absolute atomic E-state index is 12.8. The fourth-order valence-electron chi connectivity index (χ4n) is 3.50. The molecule has 2 amide bonds. The maximum atomic E-state index is 12.8. The number of nitrogens with zero attached hydrogens (tertiary/aromatic N) is 5. The quantitative estimate of drug-likeness (QED) is 0.289. The van der Waals surface area contributed by atoms with Crippen molar-refractivity contribution in [1.82, 2.24) is 24.6 Å². The Morgan fingerprint density at radius 3 is 2.81 bits per heavy atom. The fourth-order valence-corrected chi connectivity index (χ4v) is 5.10. The molecule has 2 unspecified atom stereocenters. The number of carboxylic acids is 1. The van der Waals surface area contributed by atoms with Gasteiger partial charge in [0.05, 0.1) is 6.04 Å². The van der Waals surface area contributed by atoms with E-state index in [2.05, 4.69) is 24.8 Å². The maximum Gasteiger partial charge on any atom is 0.353 e. The number of carbonyl (C=O) groups is 3. The van der Waals surface area contributed by atoms with E-state index in [1.54, 1.807) is 12.1 Å². The van der Waals surface area contributed by atoms with Crippen molar-refractivity contribution in [3.63, 3.8) is 0 Å². The van der Waals surface area contributed by atoms with Crippen LogP contribution >= 0.6 is 34.9 Å². The van der Waals surface area contributed by atoms with Crippen LogP contribution in [0, 0.1) is 4.91 Å². The van der Waals surface area contributed by atoms with Gasteiger partial charge in [-0.25, -0.2) is 14.8 Å². The smallest absolute Gasteiger partial charge is 0.353 e.